The van der Waals surface area contributed by atoms with Crippen LogP contribution in [0, 0.1) is 0 Å². The van der Waals surface area contributed by atoms with Crippen LogP contribution in [-0.2, 0) is 0 Å². The van der Waals surface area contributed by atoms with E-state index in [1.54, 1.807) is 0 Å². The van der Waals surface area contributed by atoms with E-state index in [9.17, 15) is 0 Å². The Morgan fingerprint density at radius 3 is 1.80 bits per heavy atom. The molecule has 2 nitrogen and oxygen atoms in total. The molecule has 0 radical (unpaired) electrons. The van der Waals surface area contributed by atoms with Crippen molar-refractivity contribution in [1.29, 1.82) is 0 Å². The lowest BCUT2D eigenvalue weighted by Crippen LogP contribution is -2.10. The van der Waals surface area contributed by atoms with Crippen LogP contribution < -0.4 is 4.90 Å². The van der Waals surface area contributed by atoms with Crippen LogP contribution in [0.2, 0.25) is 0 Å². The van der Waals surface area contributed by atoms with Gasteiger partial charge in [0.05, 0.1) is 0 Å². The van der Waals surface area contributed by atoms with Gasteiger partial charge in [0.15, 0.2) is 0 Å². The van der Waals surface area contributed by atoms with Crippen molar-refractivity contribution in [2.24, 2.45) is 0 Å². The first-order valence-electron chi connectivity index (χ1n) is 15.7. The second-order valence-electron chi connectivity index (χ2n) is 11.8. The Kier molecular flexibility index (Phi) is 6.17. The summed E-state index contributed by atoms with van der Waals surface area (Å²) in [6.45, 7) is 0. The van der Waals surface area contributed by atoms with E-state index in [0.29, 0.717) is 0 Å². The molecule has 0 saturated heterocycles. The lowest BCUT2D eigenvalue weighted by Gasteiger charge is -2.26. The van der Waals surface area contributed by atoms with Gasteiger partial charge in [-0.25, -0.2) is 0 Å². The fourth-order valence-electron chi connectivity index (χ4n) is 6.84. The summed E-state index contributed by atoms with van der Waals surface area (Å²) >= 11 is 0. The molecule has 9 aromatic rings. The van der Waals surface area contributed by atoms with Gasteiger partial charge in [-0.15, -0.1) is 0 Å². The zero-order valence-electron chi connectivity index (χ0n) is 25.1. The van der Waals surface area contributed by atoms with Gasteiger partial charge in [0.2, 0.25) is 0 Å². The molecule has 0 aliphatic carbocycles. The van der Waals surface area contributed by atoms with E-state index in [0.717, 1.165) is 39.0 Å². The van der Waals surface area contributed by atoms with Gasteiger partial charge in [-0.05, 0) is 92.3 Å². The SMILES string of the molecule is c1ccc(-c2cccc(N(c3ccc(-c4cc5ccccc5c5ccccc45)cc3)c3ccc4c(c3)oc3ccccc34)c2)cc1. The number of para-hydroxylation sites is 1. The summed E-state index contributed by atoms with van der Waals surface area (Å²) in [5.41, 5.74) is 9.78. The first-order chi connectivity index (χ1) is 22.8. The van der Waals surface area contributed by atoms with E-state index in [2.05, 4.69) is 169 Å². The summed E-state index contributed by atoms with van der Waals surface area (Å²) in [6, 6.07) is 62.7. The van der Waals surface area contributed by atoms with Crippen LogP contribution >= 0.6 is 0 Å². The van der Waals surface area contributed by atoms with Crippen molar-refractivity contribution in [3.8, 4) is 22.3 Å². The van der Waals surface area contributed by atoms with E-state index in [4.69, 9.17) is 4.42 Å². The molecular formula is C44H29NO. The summed E-state index contributed by atoms with van der Waals surface area (Å²) in [5, 5.41) is 7.32. The van der Waals surface area contributed by atoms with E-state index < -0.39 is 0 Å². The summed E-state index contributed by atoms with van der Waals surface area (Å²) in [7, 11) is 0. The molecule has 0 atom stereocenters. The number of benzene rings is 8. The van der Waals surface area contributed by atoms with Gasteiger partial charge >= 0.3 is 0 Å². The molecule has 46 heavy (non-hydrogen) atoms. The van der Waals surface area contributed by atoms with E-state index in [1.807, 2.05) is 12.1 Å². The molecule has 0 bridgehead atoms. The summed E-state index contributed by atoms with van der Waals surface area (Å²) < 4.78 is 6.33. The Balaban J connectivity index is 1.20. The number of rotatable bonds is 5. The van der Waals surface area contributed by atoms with Gasteiger partial charge < -0.3 is 9.32 Å². The Morgan fingerprint density at radius 2 is 0.957 bits per heavy atom. The number of furan rings is 1. The van der Waals surface area contributed by atoms with Gasteiger partial charge in [0.25, 0.3) is 0 Å². The van der Waals surface area contributed by atoms with Crippen molar-refractivity contribution >= 4 is 60.5 Å². The van der Waals surface area contributed by atoms with E-state index in [1.165, 1.54) is 43.8 Å². The third-order valence-corrected chi connectivity index (χ3v) is 9.04. The highest BCUT2D eigenvalue weighted by molar-refractivity contribution is 6.14. The molecule has 216 valence electrons. The lowest BCUT2D eigenvalue weighted by atomic mass is 9.93. The zero-order chi connectivity index (χ0) is 30.5. The number of fused-ring (bicyclic) bond motifs is 6. The van der Waals surface area contributed by atoms with Gasteiger partial charge in [-0.3, -0.25) is 0 Å². The number of nitrogens with zero attached hydrogens (tertiary/aromatic N) is 1. The minimum absolute atomic E-state index is 0.877. The highest BCUT2D eigenvalue weighted by Crippen LogP contribution is 2.41. The Bertz CT molecular complexity index is 2530. The summed E-state index contributed by atoms with van der Waals surface area (Å²) in [4.78, 5) is 2.32. The van der Waals surface area contributed by atoms with Crippen LogP contribution in [-0.4, -0.2) is 0 Å². The molecule has 1 aromatic heterocycles. The molecule has 0 aliphatic rings. The monoisotopic (exact) mass is 587 g/mol. The quantitative estimate of drug-likeness (QED) is 0.186. The van der Waals surface area contributed by atoms with Crippen LogP contribution in [0.5, 0.6) is 0 Å². The molecule has 0 fully saturated rings. The summed E-state index contributed by atoms with van der Waals surface area (Å²) in [5.74, 6) is 0. The van der Waals surface area contributed by atoms with Crippen LogP contribution in [0.25, 0.3) is 65.7 Å². The molecule has 0 N–H and O–H groups in total. The molecule has 0 unspecified atom stereocenters. The van der Waals surface area contributed by atoms with Gasteiger partial charge in [0, 0.05) is 33.9 Å². The maximum atomic E-state index is 6.33. The van der Waals surface area contributed by atoms with Crippen molar-refractivity contribution in [1.82, 2.24) is 0 Å². The molecule has 2 heteroatoms. The minimum atomic E-state index is 0.877. The Morgan fingerprint density at radius 1 is 0.326 bits per heavy atom. The van der Waals surface area contributed by atoms with Crippen LogP contribution in [0.4, 0.5) is 17.1 Å². The van der Waals surface area contributed by atoms with E-state index in [-0.39, 0.29) is 0 Å². The predicted molar refractivity (Wildman–Crippen MR) is 194 cm³/mol. The van der Waals surface area contributed by atoms with Crippen LogP contribution in [0.3, 0.4) is 0 Å². The second-order valence-corrected chi connectivity index (χ2v) is 11.8. The third-order valence-electron chi connectivity index (χ3n) is 9.04. The van der Waals surface area contributed by atoms with Crippen molar-refractivity contribution in [2.45, 2.75) is 0 Å². The lowest BCUT2D eigenvalue weighted by molar-refractivity contribution is 0.669. The highest BCUT2D eigenvalue weighted by atomic mass is 16.3. The summed E-state index contributed by atoms with van der Waals surface area (Å²) in [6.07, 6.45) is 0. The maximum absolute atomic E-state index is 6.33. The number of hydrogen-bond acceptors (Lipinski definition) is 2. The van der Waals surface area contributed by atoms with Crippen molar-refractivity contribution < 1.29 is 4.42 Å². The largest absolute Gasteiger partial charge is 0.456 e. The average molecular weight is 588 g/mol. The molecule has 0 amide bonds. The van der Waals surface area contributed by atoms with Crippen molar-refractivity contribution in [2.75, 3.05) is 4.90 Å². The normalized spacial score (nSPS) is 11.5. The first kappa shape index (κ1) is 26.3. The predicted octanol–water partition coefficient (Wildman–Crippen LogP) is 12.7. The van der Waals surface area contributed by atoms with Crippen molar-refractivity contribution in [3.05, 3.63) is 176 Å². The maximum Gasteiger partial charge on any atom is 0.137 e. The topological polar surface area (TPSA) is 16.4 Å². The number of anilines is 3. The standard InChI is InChI=1S/C44H29NO/c1-2-11-30(12-3-1)32-14-10-15-35(27-32)45(36-25-26-41-40-19-8-9-20-43(40)46-44(41)29-36)34-23-21-31(22-24-34)42-28-33-13-4-5-16-37(33)38-17-6-7-18-39(38)42/h1-29H. The molecule has 0 aliphatic heterocycles. The van der Waals surface area contributed by atoms with Crippen molar-refractivity contribution in [3.63, 3.8) is 0 Å². The van der Waals surface area contributed by atoms with Crippen LogP contribution in [0.1, 0.15) is 0 Å². The molecule has 1 heterocycles. The molecule has 0 saturated carbocycles. The minimum Gasteiger partial charge on any atom is -0.456 e. The highest BCUT2D eigenvalue weighted by Gasteiger charge is 2.17. The zero-order valence-corrected chi connectivity index (χ0v) is 25.1. The fourth-order valence-corrected chi connectivity index (χ4v) is 6.84. The average Bonchev–Trinajstić information content (AvgIpc) is 3.50. The Hall–Kier alpha value is -6.12. The first-order valence-corrected chi connectivity index (χ1v) is 15.7. The molecular weight excluding hydrogens is 558 g/mol. The van der Waals surface area contributed by atoms with Gasteiger partial charge in [-0.2, -0.15) is 0 Å². The molecule has 0 spiro atoms. The second kappa shape index (κ2) is 10.8. The third kappa shape index (κ3) is 4.43. The number of hydrogen-bond donors (Lipinski definition) is 0. The van der Waals surface area contributed by atoms with Crippen LogP contribution in [0.15, 0.2) is 180 Å². The van der Waals surface area contributed by atoms with Gasteiger partial charge in [-0.1, -0.05) is 121 Å². The molecule has 9 rings (SSSR count). The van der Waals surface area contributed by atoms with E-state index >= 15 is 0 Å². The smallest absolute Gasteiger partial charge is 0.137 e. The fraction of sp³-hybridized carbons (Fsp3) is 0. The molecule has 8 aromatic carbocycles. The Labute approximate surface area is 267 Å². The van der Waals surface area contributed by atoms with Gasteiger partial charge in [0.1, 0.15) is 11.2 Å².